The smallest absolute Gasteiger partial charge is 0.151 e. The fraction of sp³-hybridized carbons (Fsp3) is 0.368. The average molecular weight is 349 g/mol. The first kappa shape index (κ1) is 16.7. The Morgan fingerprint density at radius 3 is 2.85 bits per heavy atom. The molecule has 134 valence electrons. The molecule has 1 aliphatic rings. The van der Waals surface area contributed by atoms with Gasteiger partial charge in [0.25, 0.3) is 0 Å². The zero-order valence-electron chi connectivity index (χ0n) is 14.9. The van der Waals surface area contributed by atoms with Crippen molar-refractivity contribution in [3.05, 3.63) is 60.6 Å². The van der Waals surface area contributed by atoms with Crippen molar-refractivity contribution in [1.82, 2.24) is 30.1 Å². The molecule has 7 heteroatoms. The third-order valence-corrected chi connectivity index (χ3v) is 4.84. The highest BCUT2D eigenvalue weighted by molar-refractivity contribution is 5.37. The molecule has 26 heavy (non-hydrogen) atoms. The Hall–Kier alpha value is -2.80. The Morgan fingerprint density at radius 1 is 1.15 bits per heavy atom. The minimum atomic E-state index is 0.465. The Kier molecular flexibility index (Phi) is 4.88. The van der Waals surface area contributed by atoms with Crippen LogP contribution in [0.1, 0.15) is 18.5 Å². The van der Waals surface area contributed by atoms with E-state index < -0.39 is 0 Å². The number of aromatic nitrogens is 5. The van der Waals surface area contributed by atoms with Gasteiger partial charge in [0.1, 0.15) is 0 Å². The maximum absolute atomic E-state index is 4.62. The number of benzene rings is 1. The summed E-state index contributed by atoms with van der Waals surface area (Å²) in [6.07, 6.45) is 5.91. The van der Waals surface area contributed by atoms with E-state index in [4.69, 9.17) is 0 Å². The van der Waals surface area contributed by atoms with Crippen LogP contribution in [0, 0.1) is 0 Å². The van der Waals surface area contributed by atoms with Crippen LogP contribution in [-0.2, 0) is 6.54 Å². The summed E-state index contributed by atoms with van der Waals surface area (Å²) in [5, 5.41) is 17.3. The number of nitrogens with zero attached hydrogens (tertiary/aromatic N) is 7. The van der Waals surface area contributed by atoms with Gasteiger partial charge in [-0.2, -0.15) is 20.1 Å². The molecular weight excluding hydrogens is 326 g/mol. The van der Waals surface area contributed by atoms with Crippen LogP contribution in [0.15, 0.2) is 54.9 Å². The highest BCUT2D eigenvalue weighted by atomic mass is 15.5. The highest BCUT2D eigenvalue weighted by Gasteiger charge is 2.24. The van der Waals surface area contributed by atoms with E-state index >= 15 is 0 Å². The van der Waals surface area contributed by atoms with Crippen molar-refractivity contribution in [3.8, 4) is 5.69 Å². The SMILES string of the molecule is CN(Cc1cnn(-c2ccccc2)n1)[C@@H]1CCCN(c2cccnn2)C1. The molecule has 0 unspecified atom stereocenters. The van der Waals surface area contributed by atoms with Crippen molar-refractivity contribution in [2.24, 2.45) is 0 Å². The fourth-order valence-corrected chi connectivity index (χ4v) is 3.42. The average Bonchev–Trinajstić information content (AvgIpc) is 3.18. The van der Waals surface area contributed by atoms with Gasteiger partial charge in [-0.05, 0) is 44.2 Å². The molecule has 0 N–H and O–H groups in total. The second-order valence-electron chi connectivity index (χ2n) is 6.70. The van der Waals surface area contributed by atoms with Crippen LogP contribution in [0.2, 0.25) is 0 Å². The molecule has 3 aromatic rings. The summed E-state index contributed by atoms with van der Waals surface area (Å²) in [6.45, 7) is 2.78. The fourth-order valence-electron chi connectivity index (χ4n) is 3.42. The summed E-state index contributed by atoms with van der Waals surface area (Å²) in [6, 6.07) is 14.4. The van der Waals surface area contributed by atoms with Crippen LogP contribution < -0.4 is 4.90 Å². The van der Waals surface area contributed by atoms with Gasteiger partial charge in [-0.25, -0.2) is 0 Å². The van der Waals surface area contributed by atoms with Crippen LogP contribution in [0.25, 0.3) is 5.69 Å². The Bertz CT molecular complexity index is 818. The first-order chi connectivity index (χ1) is 12.8. The second-order valence-corrected chi connectivity index (χ2v) is 6.70. The van der Waals surface area contributed by atoms with Crippen molar-refractivity contribution in [2.75, 3.05) is 25.0 Å². The van der Waals surface area contributed by atoms with Gasteiger partial charge in [0.15, 0.2) is 5.82 Å². The molecule has 1 saturated heterocycles. The van der Waals surface area contributed by atoms with Gasteiger partial charge in [-0.3, -0.25) is 4.90 Å². The topological polar surface area (TPSA) is 63.0 Å². The van der Waals surface area contributed by atoms with Gasteiger partial charge < -0.3 is 4.90 Å². The molecule has 0 aliphatic carbocycles. The first-order valence-electron chi connectivity index (χ1n) is 8.99. The molecule has 1 aromatic carbocycles. The van der Waals surface area contributed by atoms with Crippen molar-refractivity contribution in [1.29, 1.82) is 0 Å². The minimum Gasteiger partial charge on any atom is -0.354 e. The molecule has 0 amide bonds. The Morgan fingerprint density at radius 2 is 2.04 bits per heavy atom. The van der Waals surface area contributed by atoms with E-state index in [0.29, 0.717) is 6.04 Å². The summed E-state index contributed by atoms with van der Waals surface area (Å²) in [5.41, 5.74) is 1.96. The largest absolute Gasteiger partial charge is 0.354 e. The highest BCUT2D eigenvalue weighted by Crippen LogP contribution is 2.20. The molecule has 1 aliphatic heterocycles. The number of likely N-dealkylation sites (N-methyl/N-ethyl adjacent to an activating group) is 1. The quantitative estimate of drug-likeness (QED) is 0.703. The third-order valence-electron chi connectivity index (χ3n) is 4.84. The lowest BCUT2D eigenvalue weighted by atomic mass is 10.0. The summed E-state index contributed by atoms with van der Waals surface area (Å²) in [7, 11) is 2.16. The van der Waals surface area contributed by atoms with Gasteiger partial charge in [0.05, 0.1) is 17.6 Å². The molecule has 7 nitrogen and oxygen atoms in total. The molecule has 0 spiro atoms. The number of hydrogen-bond acceptors (Lipinski definition) is 6. The summed E-state index contributed by atoms with van der Waals surface area (Å²) in [5.74, 6) is 0.959. The molecule has 2 aromatic heterocycles. The van der Waals surface area contributed by atoms with E-state index in [1.807, 2.05) is 48.7 Å². The summed E-state index contributed by atoms with van der Waals surface area (Å²) < 4.78 is 0. The van der Waals surface area contributed by atoms with Crippen molar-refractivity contribution >= 4 is 5.82 Å². The van der Waals surface area contributed by atoms with Crippen LogP contribution in [-0.4, -0.2) is 56.3 Å². The summed E-state index contributed by atoms with van der Waals surface area (Å²) in [4.78, 5) is 6.37. The lowest BCUT2D eigenvalue weighted by Gasteiger charge is -2.37. The molecular formula is C19H23N7. The van der Waals surface area contributed by atoms with Crippen LogP contribution >= 0.6 is 0 Å². The molecule has 0 radical (unpaired) electrons. The number of para-hydroxylation sites is 1. The predicted molar refractivity (Wildman–Crippen MR) is 100 cm³/mol. The Labute approximate surface area is 153 Å². The summed E-state index contributed by atoms with van der Waals surface area (Å²) >= 11 is 0. The van der Waals surface area contributed by atoms with E-state index in [2.05, 4.69) is 37.2 Å². The normalized spacial score (nSPS) is 17.6. The predicted octanol–water partition coefficient (Wildman–Crippen LogP) is 2.16. The number of piperidine rings is 1. The van der Waals surface area contributed by atoms with Crippen LogP contribution in [0.3, 0.4) is 0 Å². The third kappa shape index (κ3) is 3.72. The minimum absolute atomic E-state index is 0.465. The van der Waals surface area contributed by atoms with E-state index in [1.165, 1.54) is 6.42 Å². The van der Waals surface area contributed by atoms with E-state index in [9.17, 15) is 0 Å². The van der Waals surface area contributed by atoms with Gasteiger partial charge >= 0.3 is 0 Å². The maximum atomic E-state index is 4.62. The van der Waals surface area contributed by atoms with E-state index in [-0.39, 0.29) is 0 Å². The zero-order valence-corrected chi connectivity index (χ0v) is 14.9. The lowest BCUT2D eigenvalue weighted by Crippen LogP contribution is -2.46. The second kappa shape index (κ2) is 7.61. The van der Waals surface area contributed by atoms with E-state index in [1.54, 1.807) is 11.0 Å². The van der Waals surface area contributed by atoms with Gasteiger partial charge in [-0.15, -0.1) is 5.10 Å². The molecule has 1 fully saturated rings. The van der Waals surface area contributed by atoms with Crippen molar-refractivity contribution in [2.45, 2.75) is 25.4 Å². The monoisotopic (exact) mass is 349 g/mol. The Balaban J connectivity index is 1.40. The van der Waals surface area contributed by atoms with Gasteiger partial charge in [-0.1, -0.05) is 18.2 Å². The van der Waals surface area contributed by atoms with Crippen LogP contribution in [0.5, 0.6) is 0 Å². The van der Waals surface area contributed by atoms with Crippen molar-refractivity contribution < 1.29 is 0 Å². The standard InChI is InChI=1S/C19H23N7/c1-24(14-16-13-21-26(23-16)17-7-3-2-4-8-17)18-9-6-12-25(15-18)19-10-5-11-20-22-19/h2-5,7-8,10-11,13,18H,6,9,12,14-15H2,1H3/t18-/m1/s1. The van der Waals surface area contributed by atoms with Gasteiger partial charge in [0.2, 0.25) is 0 Å². The molecule has 3 heterocycles. The number of rotatable bonds is 5. The number of hydrogen-bond donors (Lipinski definition) is 0. The molecule has 0 bridgehead atoms. The molecule has 0 saturated carbocycles. The van der Waals surface area contributed by atoms with Crippen molar-refractivity contribution in [3.63, 3.8) is 0 Å². The first-order valence-corrected chi connectivity index (χ1v) is 8.99. The van der Waals surface area contributed by atoms with Crippen LogP contribution in [0.4, 0.5) is 5.82 Å². The number of anilines is 1. The molecule has 4 rings (SSSR count). The zero-order chi connectivity index (χ0) is 17.8. The maximum Gasteiger partial charge on any atom is 0.151 e. The molecule has 1 atom stereocenters. The van der Waals surface area contributed by atoms with E-state index in [0.717, 1.165) is 43.3 Å². The lowest BCUT2D eigenvalue weighted by molar-refractivity contribution is 0.205. The van der Waals surface area contributed by atoms with Gasteiger partial charge in [0, 0.05) is 31.9 Å².